The molecule has 0 atom stereocenters. The highest BCUT2D eigenvalue weighted by molar-refractivity contribution is 6.62. The van der Waals surface area contributed by atoms with Gasteiger partial charge in [-0.2, -0.15) is 5.10 Å². The van der Waals surface area contributed by atoms with Gasteiger partial charge in [0.15, 0.2) is 0 Å². The Morgan fingerprint density at radius 1 is 1.06 bits per heavy atom. The van der Waals surface area contributed by atoms with E-state index in [1.807, 2.05) is 0 Å². The minimum absolute atomic E-state index is 0.0983. The molecular formula is C10H16N2O5. The van der Waals surface area contributed by atoms with Crippen LogP contribution in [0, 0.1) is 0 Å². The van der Waals surface area contributed by atoms with E-state index >= 15 is 0 Å². The van der Waals surface area contributed by atoms with Crippen LogP contribution in [0.4, 0.5) is 0 Å². The number of ether oxygens (including phenoxy) is 2. The summed E-state index contributed by atoms with van der Waals surface area (Å²) < 4.78 is 9.29. The van der Waals surface area contributed by atoms with Crippen molar-refractivity contribution < 1.29 is 23.9 Å². The first-order valence-corrected chi connectivity index (χ1v) is 5.11. The van der Waals surface area contributed by atoms with E-state index in [-0.39, 0.29) is 13.2 Å². The van der Waals surface area contributed by atoms with Gasteiger partial charge in [0.2, 0.25) is 5.91 Å². The molecule has 0 aliphatic rings. The Bertz CT molecular complexity index is 318. The van der Waals surface area contributed by atoms with Gasteiger partial charge in [0.1, 0.15) is 0 Å². The summed E-state index contributed by atoms with van der Waals surface area (Å²) in [7, 11) is 1.32. The van der Waals surface area contributed by atoms with Crippen LogP contribution in [0.5, 0.6) is 0 Å². The zero-order valence-electron chi connectivity index (χ0n) is 10.3. The average Bonchev–Trinajstić information content (AvgIpc) is 2.25. The normalized spacial score (nSPS) is 9.18. The molecule has 7 nitrogen and oxygen atoms in total. The smallest absolute Gasteiger partial charge is 0.366 e. The van der Waals surface area contributed by atoms with Crippen molar-refractivity contribution in [1.82, 2.24) is 5.01 Å². The third-order valence-corrected chi connectivity index (χ3v) is 1.64. The topological polar surface area (TPSA) is 85.3 Å². The maximum atomic E-state index is 11.4. The van der Waals surface area contributed by atoms with Gasteiger partial charge in [-0.3, -0.25) is 4.79 Å². The molecule has 0 aliphatic carbocycles. The van der Waals surface area contributed by atoms with Crippen molar-refractivity contribution in [3.8, 4) is 0 Å². The molecule has 0 bridgehead atoms. The van der Waals surface area contributed by atoms with Crippen molar-refractivity contribution in [3.63, 3.8) is 0 Å². The van der Waals surface area contributed by atoms with Crippen LogP contribution in [0.3, 0.4) is 0 Å². The number of esters is 2. The van der Waals surface area contributed by atoms with E-state index in [2.05, 4.69) is 14.6 Å². The van der Waals surface area contributed by atoms with E-state index in [0.29, 0.717) is 0 Å². The summed E-state index contributed by atoms with van der Waals surface area (Å²) in [5.74, 6) is -2.26. The molecule has 0 aromatic heterocycles. The van der Waals surface area contributed by atoms with Crippen LogP contribution in [0.25, 0.3) is 0 Å². The fraction of sp³-hybridized carbons (Fsp3) is 0.600. The van der Waals surface area contributed by atoms with Gasteiger partial charge in [-0.05, 0) is 13.8 Å². The van der Waals surface area contributed by atoms with Crippen LogP contribution in [0.1, 0.15) is 20.8 Å². The lowest BCUT2D eigenvalue weighted by molar-refractivity contribution is -0.140. The highest BCUT2D eigenvalue weighted by atomic mass is 16.6. The second kappa shape index (κ2) is 7.37. The molecule has 0 heterocycles. The summed E-state index contributed by atoms with van der Waals surface area (Å²) >= 11 is 0. The summed E-state index contributed by atoms with van der Waals surface area (Å²) in [4.78, 5) is 33.8. The molecule has 1 amide bonds. The van der Waals surface area contributed by atoms with Crippen molar-refractivity contribution >= 4 is 23.6 Å². The van der Waals surface area contributed by atoms with E-state index in [0.717, 1.165) is 5.01 Å². The summed E-state index contributed by atoms with van der Waals surface area (Å²) in [5.41, 5.74) is -0.550. The Labute approximate surface area is 99.4 Å². The number of amides is 1. The van der Waals surface area contributed by atoms with Gasteiger partial charge < -0.3 is 9.47 Å². The maximum absolute atomic E-state index is 11.4. The molecule has 0 saturated carbocycles. The van der Waals surface area contributed by atoms with Crippen molar-refractivity contribution in [2.24, 2.45) is 5.10 Å². The Hall–Kier alpha value is -1.92. The van der Waals surface area contributed by atoms with Crippen LogP contribution in [0.15, 0.2) is 5.10 Å². The molecule has 0 unspecified atom stereocenters. The first kappa shape index (κ1) is 15.1. The first-order valence-electron chi connectivity index (χ1n) is 5.11. The molecule has 0 saturated heterocycles. The number of hydrogen-bond acceptors (Lipinski definition) is 6. The van der Waals surface area contributed by atoms with E-state index in [1.165, 1.54) is 14.0 Å². The summed E-state index contributed by atoms with van der Waals surface area (Å²) in [6.45, 7) is 4.63. The second-order valence-corrected chi connectivity index (χ2v) is 2.93. The summed E-state index contributed by atoms with van der Waals surface area (Å²) in [5, 5.41) is 4.43. The first-order chi connectivity index (χ1) is 7.93. The number of nitrogens with zero attached hydrogens (tertiary/aromatic N) is 2. The van der Waals surface area contributed by atoms with Crippen molar-refractivity contribution in [3.05, 3.63) is 0 Å². The van der Waals surface area contributed by atoms with Gasteiger partial charge in [-0.25, -0.2) is 14.6 Å². The maximum Gasteiger partial charge on any atom is 0.366 e. The molecule has 96 valence electrons. The van der Waals surface area contributed by atoms with Crippen LogP contribution >= 0.6 is 0 Å². The van der Waals surface area contributed by atoms with Gasteiger partial charge in [0.25, 0.3) is 5.71 Å². The zero-order valence-corrected chi connectivity index (χ0v) is 10.3. The fourth-order valence-electron chi connectivity index (χ4n) is 0.784. The van der Waals surface area contributed by atoms with Crippen LogP contribution in [-0.2, 0) is 23.9 Å². The molecule has 7 heteroatoms. The predicted molar refractivity (Wildman–Crippen MR) is 59.1 cm³/mol. The SMILES string of the molecule is CCOC(=O)C(=NN(C)C(C)=O)C(=O)OCC. The quantitative estimate of drug-likeness (QED) is 0.293. The lowest BCUT2D eigenvalue weighted by Crippen LogP contribution is -2.32. The third-order valence-electron chi connectivity index (χ3n) is 1.64. The highest BCUT2D eigenvalue weighted by Gasteiger charge is 2.24. The van der Waals surface area contributed by atoms with Crippen molar-refractivity contribution in [2.45, 2.75) is 20.8 Å². The van der Waals surface area contributed by atoms with Gasteiger partial charge >= 0.3 is 11.9 Å². The molecule has 0 spiro atoms. The van der Waals surface area contributed by atoms with E-state index in [4.69, 9.17) is 0 Å². The van der Waals surface area contributed by atoms with Crippen LogP contribution in [-0.4, -0.2) is 48.8 Å². The molecule has 17 heavy (non-hydrogen) atoms. The van der Waals surface area contributed by atoms with Gasteiger partial charge in [0.05, 0.1) is 13.2 Å². The molecule has 0 aromatic rings. The highest BCUT2D eigenvalue weighted by Crippen LogP contribution is 1.95. The lowest BCUT2D eigenvalue weighted by Gasteiger charge is -2.10. The average molecular weight is 244 g/mol. The minimum Gasteiger partial charge on any atom is -0.461 e. The van der Waals surface area contributed by atoms with Gasteiger partial charge in [-0.15, -0.1) is 0 Å². The van der Waals surface area contributed by atoms with Crippen LogP contribution < -0.4 is 0 Å². The Kier molecular flexibility index (Phi) is 6.54. The summed E-state index contributed by atoms with van der Waals surface area (Å²) in [6.07, 6.45) is 0. The lowest BCUT2D eigenvalue weighted by atomic mass is 10.4. The number of rotatable bonds is 5. The summed E-state index contributed by atoms with van der Waals surface area (Å²) in [6, 6.07) is 0. The van der Waals surface area contributed by atoms with Gasteiger partial charge in [0, 0.05) is 14.0 Å². The molecule has 0 aliphatic heterocycles. The third kappa shape index (κ3) is 5.10. The van der Waals surface area contributed by atoms with Crippen molar-refractivity contribution in [2.75, 3.05) is 20.3 Å². The standard InChI is InChI=1S/C10H16N2O5/c1-5-16-9(14)8(10(15)17-6-2)11-12(4)7(3)13/h5-6H2,1-4H3. The molecule has 0 aromatic carbocycles. The molecule has 0 radical (unpaired) electrons. The number of carbonyl (C=O) groups excluding carboxylic acids is 3. The molecule has 0 rings (SSSR count). The van der Waals surface area contributed by atoms with Gasteiger partial charge in [-0.1, -0.05) is 0 Å². The Balaban J connectivity index is 5.03. The second-order valence-electron chi connectivity index (χ2n) is 2.93. The largest absolute Gasteiger partial charge is 0.461 e. The Morgan fingerprint density at radius 2 is 1.47 bits per heavy atom. The van der Waals surface area contributed by atoms with E-state index in [1.54, 1.807) is 13.8 Å². The molecule has 0 N–H and O–H groups in total. The number of carbonyl (C=O) groups is 3. The fourth-order valence-corrected chi connectivity index (χ4v) is 0.784. The van der Waals surface area contributed by atoms with E-state index < -0.39 is 23.6 Å². The van der Waals surface area contributed by atoms with E-state index in [9.17, 15) is 14.4 Å². The molecular weight excluding hydrogens is 228 g/mol. The Morgan fingerprint density at radius 3 is 1.76 bits per heavy atom. The zero-order chi connectivity index (χ0) is 13.4. The van der Waals surface area contributed by atoms with Crippen LogP contribution in [0.2, 0.25) is 0 Å². The molecule has 0 fully saturated rings. The predicted octanol–water partition coefficient (Wildman–Crippen LogP) is -0.0531. The number of hydrazone groups is 1. The minimum atomic E-state index is -0.918. The monoisotopic (exact) mass is 244 g/mol. The van der Waals surface area contributed by atoms with Crippen molar-refractivity contribution in [1.29, 1.82) is 0 Å². The number of hydrogen-bond donors (Lipinski definition) is 0.